The number of rotatable bonds is 5. The average molecular weight is 336 g/mol. The smallest absolute Gasteiger partial charge is 0.285 e. The number of sulfonamides is 1. The first-order chi connectivity index (χ1) is 10.9. The van der Waals surface area contributed by atoms with Crippen LogP contribution in [0.3, 0.4) is 0 Å². The summed E-state index contributed by atoms with van der Waals surface area (Å²) >= 11 is 0. The number of nitrogens with zero attached hydrogens (tertiary/aromatic N) is 2. The molecule has 1 amide bonds. The molecule has 1 fully saturated rings. The minimum absolute atomic E-state index is 0.00539. The molecule has 1 saturated carbocycles. The fourth-order valence-corrected chi connectivity index (χ4v) is 3.88. The Hall–Kier alpha value is -1.93. The molecule has 1 aromatic rings. The highest BCUT2D eigenvalue weighted by Gasteiger charge is 2.31. The lowest BCUT2D eigenvalue weighted by atomic mass is 10.2. The number of hydrogen-bond donors (Lipinski definition) is 2. The molecule has 2 aliphatic rings. The molecule has 1 aliphatic carbocycles. The molecule has 1 heterocycles. The molecule has 0 bridgehead atoms. The highest BCUT2D eigenvalue weighted by atomic mass is 32.2. The minimum Gasteiger partial charge on any atom is -0.353 e. The summed E-state index contributed by atoms with van der Waals surface area (Å²) in [5, 5.41) is 2.79. The lowest BCUT2D eigenvalue weighted by Gasteiger charge is -2.19. The summed E-state index contributed by atoms with van der Waals surface area (Å²) in [6, 6.07) is 6.60. The molecule has 1 aliphatic heterocycles. The molecule has 0 saturated heterocycles. The van der Waals surface area contributed by atoms with Crippen molar-refractivity contribution in [1.82, 2.24) is 10.2 Å². The summed E-state index contributed by atoms with van der Waals surface area (Å²) in [4.78, 5) is 13.7. The zero-order chi connectivity index (χ0) is 16.6. The number of likely N-dealkylation sites (N-methyl/N-ethyl adjacent to an activating group) is 1. The molecule has 0 spiro atoms. The third-order valence-corrected chi connectivity index (χ3v) is 5.44. The second-order valence-electron chi connectivity index (χ2n) is 6.05. The van der Waals surface area contributed by atoms with Crippen molar-refractivity contribution in [1.29, 1.82) is 0 Å². The predicted molar refractivity (Wildman–Crippen MR) is 86.5 cm³/mol. The van der Waals surface area contributed by atoms with Crippen LogP contribution in [-0.4, -0.2) is 51.2 Å². The van der Waals surface area contributed by atoms with Crippen molar-refractivity contribution < 1.29 is 13.2 Å². The number of nitrogens with one attached hydrogen (secondary N) is 1. The first-order valence-corrected chi connectivity index (χ1v) is 9.00. The Morgan fingerprint density at radius 3 is 2.83 bits per heavy atom. The minimum atomic E-state index is -3.67. The maximum absolute atomic E-state index is 12.0. The molecular weight excluding hydrogens is 316 g/mol. The van der Waals surface area contributed by atoms with Crippen LogP contribution in [-0.2, 0) is 14.8 Å². The van der Waals surface area contributed by atoms with Gasteiger partial charge in [-0.05, 0) is 30.9 Å². The van der Waals surface area contributed by atoms with E-state index in [0.29, 0.717) is 23.9 Å². The molecule has 8 heteroatoms. The summed E-state index contributed by atoms with van der Waals surface area (Å²) in [6.45, 7) is 0.471. The quantitative estimate of drug-likeness (QED) is 0.782. The molecule has 3 N–H and O–H groups in total. The van der Waals surface area contributed by atoms with E-state index < -0.39 is 10.0 Å². The standard InChI is InChI=1S/C15H20N4O3S/c1-19(9-14(20)17-8-12(16)10-6-7-10)15-11-4-2-3-5-13(11)23(21,22)18-15/h2-5,10,12H,6-9,16H2,1H3,(H,17,20). The number of hydrogen-bond acceptors (Lipinski definition) is 5. The van der Waals surface area contributed by atoms with Crippen LogP contribution in [0.2, 0.25) is 0 Å². The van der Waals surface area contributed by atoms with E-state index in [0.717, 1.165) is 12.8 Å². The summed E-state index contributed by atoms with van der Waals surface area (Å²) in [5.41, 5.74) is 6.47. The van der Waals surface area contributed by atoms with Crippen molar-refractivity contribution in [2.45, 2.75) is 23.8 Å². The SMILES string of the molecule is CN(CC(=O)NCC(N)C1CC1)C1=NS(=O)(=O)c2ccccc21. The fourth-order valence-electron chi connectivity index (χ4n) is 2.63. The average Bonchev–Trinajstić information content (AvgIpc) is 3.31. The summed E-state index contributed by atoms with van der Waals surface area (Å²) in [5.74, 6) is 0.611. The van der Waals surface area contributed by atoms with Gasteiger partial charge in [0, 0.05) is 25.2 Å². The third-order valence-electron chi connectivity index (χ3n) is 4.12. The number of carbonyl (C=O) groups excluding carboxylic acids is 1. The lowest BCUT2D eigenvalue weighted by Crippen LogP contribution is -2.43. The number of fused-ring (bicyclic) bond motifs is 1. The summed E-state index contributed by atoms with van der Waals surface area (Å²) < 4.78 is 27.8. The number of benzene rings is 1. The van der Waals surface area contributed by atoms with Crippen LogP contribution in [0.4, 0.5) is 0 Å². The first-order valence-electron chi connectivity index (χ1n) is 7.56. The van der Waals surface area contributed by atoms with E-state index in [9.17, 15) is 13.2 Å². The van der Waals surface area contributed by atoms with Crippen LogP contribution >= 0.6 is 0 Å². The second kappa shape index (κ2) is 5.93. The Balaban J connectivity index is 1.64. The van der Waals surface area contributed by atoms with Crippen molar-refractivity contribution in [3.63, 3.8) is 0 Å². The third kappa shape index (κ3) is 3.37. The van der Waals surface area contributed by atoms with Crippen LogP contribution in [0, 0.1) is 5.92 Å². The molecular formula is C15H20N4O3S. The molecule has 0 aromatic heterocycles. The van der Waals surface area contributed by atoms with Crippen molar-refractivity contribution in [2.24, 2.45) is 16.0 Å². The van der Waals surface area contributed by atoms with E-state index >= 15 is 0 Å². The largest absolute Gasteiger partial charge is 0.353 e. The second-order valence-corrected chi connectivity index (χ2v) is 7.62. The zero-order valence-electron chi connectivity index (χ0n) is 12.9. The molecule has 3 rings (SSSR count). The molecule has 23 heavy (non-hydrogen) atoms. The zero-order valence-corrected chi connectivity index (χ0v) is 13.7. The highest BCUT2D eigenvalue weighted by Crippen LogP contribution is 2.31. The number of amides is 1. The lowest BCUT2D eigenvalue weighted by molar-refractivity contribution is -0.121. The number of carbonyl (C=O) groups is 1. The van der Waals surface area contributed by atoms with Gasteiger partial charge in [0.2, 0.25) is 5.91 Å². The van der Waals surface area contributed by atoms with Crippen LogP contribution in [0.1, 0.15) is 18.4 Å². The van der Waals surface area contributed by atoms with E-state index in [2.05, 4.69) is 9.71 Å². The molecule has 1 aromatic carbocycles. The summed E-state index contributed by atoms with van der Waals surface area (Å²) in [6.07, 6.45) is 2.25. The molecule has 1 atom stereocenters. The van der Waals surface area contributed by atoms with Crippen LogP contribution in [0.5, 0.6) is 0 Å². The highest BCUT2D eigenvalue weighted by molar-refractivity contribution is 7.90. The van der Waals surface area contributed by atoms with Gasteiger partial charge in [-0.25, -0.2) is 0 Å². The van der Waals surface area contributed by atoms with Crippen molar-refractivity contribution >= 4 is 21.8 Å². The Kier molecular flexibility index (Phi) is 4.11. The molecule has 7 nitrogen and oxygen atoms in total. The topological polar surface area (TPSA) is 105 Å². The van der Waals surface area contributed by atoms with Crippen molar-refractivity contribution in [2.75, 3.05) is 20.1 Å². The Bertz CT molecular complexity index is 756. The van der Waals surface area contributed by atoms with E-state index in [4.69, 9.17) is 5.73 Å². The molecule has 0 radical (unpaired) electrons. The van der Waals surface area contributed by atoms with Gasteiger partial charge in [-0.2, -0.15) is 8.42 Å². The van der Waals surface area contributed by atoms with Gasteiger partial charge in [-0.15, -0.1) is 4.40 Å². The Morgan fingerprint density at radius 2 is 2.13 bits per heavy atom. The molecule has 124 valence electrons. The van der Waals surface area contributed by atoms with Gasteiger partial charge in [0.1, 0.15) is 4.90 Å². The van der Waals surface area contributed by atoms with Gasteiger partial charge in [0.25, 0.3) is 10.0 Å². The number of nitrogens with two attached hydrogens (primary N) is 1. The van der Waals surface area contributed by atoms with E-state index in [1.165, 1.54) is 6.07 Å². The number of amidine groups is 1. The Labute approximate surface area is 135 Å². The van der Waals surface area contributed by atoms with Gasteiger partial charge in [0.05, 0.1) is 6.54 Å². The van der Waals surface area contributed by atoms with Gasteiger partial charge in [-0.1, -0.05) is 12.1 Å². The molecule has 1 unspecified atom stereocenters. The first kappa shape index (κ1) is 15.9. The van der Waals surface area contributed by atoms with Gasteiger partial charge < -0.3 is 16.0 Å². The van der Waals surface area contributed by atoms with Crippen LogP contribution < -0.4 is 11.1 Å². The fraction of sp³-hybridized carbons (Fsp3) is 0.467. The van der Waals surface area contributed by atoms with Crippen LogP contribution in [0.25, 0.3) is 0 Å². The normalized spacial score (nSPS) is 19.7. The Morgan fingerprint density at radius 1 is 1.43 bits per heavy atom. The van der Waals surface area contributed by atoms with Gasteiger partial charge >= 0.3 is 0 Å². The van der Waals surface area contributed by atoms with Crippen molar-refractivity contribution in [3.8, 4) is 0 Å². The van der Waals surface area contributed by atoms with E-state index in [-0.39, 0.29) is 23.4 Å². The maximum Gasteiger partial charge on any atom is 0.285 e. The van der Waals surface area contributed by atoms with Gasteiger partial charge in [0.15, 0.2) is 5.84 Å². The summed E-state index contributed by atoms with van der Waals surface area (Å²) in [7, 11) is -2.02. The van der Waals surface area contributed by atoms with Crippen molar-refractivity contribution in [3.05, 3.63) is 29.8 Å². The predicted octanol–water partition coefficient (Wildman–Crippen LogP) is -0.0792. The van der Waals surface area contributed by atoms with E-state index in [1.807, 2.05) is 0 Å². The van der Waals surface area contributed by atoms with Crippen LogP contribution in [0.15, 0.2) is 33.6 Å². The van der Waals surface area contributed by atoms with Gasteiger partial charge in [-0.3, -0.25) is 4.79 Å². The van der Waals surface area contributed by atoms with E-state index in [1.54, 1.807) is 30.1 Å². The monoisotopic (exact) mass is 336 g/mol. The maximum atomic E-state index is 12.0.